The summed E-state index contributed by atoms with van der Waals surface area (Å²) < 4.78 is 42.4. The van der Waals surface area contributed by atoms with Crippen LogP contribution in [0.15, 0.2) is 34.5 Å². The van der Waals surface area contributed by atoms with E-state index in [-0.39, 0.29) is 11.4 Å². The minimum absolute atomic E-state index is 0.285. The lowest BCUT2D eigenvalue weighted by Crippen LogP contribution is -1.94. The monoisotopic (exact) mass is 324 g/mol. The molecule has 0 spiro atoms. The molecule has 0 bridgehead atoms. The Kier molecular flexibility index (Phi) is 4.95. The van der Waals surface area contributed by atoms with Crippen LogP contribution in [0.1, 0.15) is 0 Å². The molecule has 6 nitrogen and oxygen atoms in total. The van der Waals surface area contributed by atoms with E-state index in [1.54, 1.807) is 0 Å². The van der Waals surface area contributed by atoms with Gasteiger partial charge in [-0.2, -0.15) is 9.50 Å². The zero-order chi connectivity index (χ0) is 17.0. The first kappa shape index (κ1) is 16.5. The number of hydrogen-bond acceptors (Lipinski definition) is 6. The van der Waals surface area contributed by atoms with E-state index in [1.165, 1.54) is 33.5 Å². The molecule has 0 aliphatic heterocycles. The van der Waals surface area contributed by atoms with Crippen LogP contribution in [-0.2, 0) is 0 Å². The number of nitrogens with zero attached hydrogens (tertiary/aromatic N) is 2. The summed E-state index contributed by atoms with van der Waals surface area (Å²) in [6, 6.07) is 5.09. The Hall–Kier alpha value is -2.90. The van der Waals surface area contributed by atoms with Crippen molar-refractivity contribution in [2.75, 3.05) is 21.3 Å². The molecule has 2 rings (SSSR count). The molecule has 0 atom stereocenters. The molecule has 0 aliphatic carbocycles. The highest BCUT2D eigenvalue weighted by Gasteiger charge is 2.14. The maximum atomic E-state index is 13.6. The molecular weight excluding hydrogens is 310 g/mol. The van der Waals surface area contributed by atoms with Crippen LogP contribution in [0.3, 0.4) is 0 Å². The summed E-state index contributed by atoms with van der Waals surface area (Å²) in [7, 11) is 4.33. The summed E-state index contributed by atoms with van der Waals surface area (Å²) >= 11 is 0. The molecule has 0 unspecified atom stereocenters. The number of halogens is 2. The molecule has 0 saturated carbocycles. The van der Waals surface area contributed by atoms with Crippen molar-refractivity contribution < 1.29 is 28.1 Å². The fourth-order valence-electron chi connectivity index (χ4n) is 1.84. The molecule has 122 valence electrons. The molecule has 0 heterocycles. The van der Waals surface area contributed by atoms with Gasteiger partial charge >= 0.3 is 0 Å². The van der Waals surface area contributed by atoms with E-state index in [2.05, 4.69) is 10.2 Å². The lowest BCUT2D eigenvalue weighted by molar-refractivity contribution is 0.324. The maximum Gasteiger partial charge on any atom is 0.203 e. The second kappa shape index (κ2) is 6.91. The van der Waals surface area contributed by atoms with Gasteiger partial charge in [-0.15, -0.1) is 5.11 Å². The second-order valence-corrected chi connectivity index (χ2v) is 4.32. The van der Waals surface area contributed by atoms with E-state index in [0.29, 0.717) is 17.2 Å². The number of hydrogen-bond donors (Lipinski definition) is 1. The zero-order valence-electron chi connectivity index (χ0n) is 12.6. The Morgan fingerprint density at radius 1 is 0.870 bits per heavy atom. The summed E-state index contributed by atoms with van der Waals surface area (Å²) in [5.41, 5.74) is -0.0681. The number of phenols is 1. The van der Waals surface area contributed by atoms with Crippen molar-refractivity contribution in [2.24, 2.45) is 10.2 Å². The largest absolute Gasteiger partial charge is 0.505 e. The molecular formula is C15H14F2N2O4. The maximum absolute atomic E-state index is 13.6. The van der Waals surface area contributed by atoms with Gasteiger partial charge < -0.3 is 19.3 Å². The molecule has 2 aromatic carbocycles. The Bertz CT molecular complexity index is 725. The Morgan fingerprint density at radius 3 is 2.00 bits per heavy atom. The molecule has 8 heteroatoms. The lowest BCUT2D eigenvalue weighted by Gasteiger charge is -2.12. The number of methoxy groups -OCH3 is 3. The quantitative estimate of drug-likeness (QED) is 0.840. The number of ether oxygens (including phenoxy) is 3. The topological polar surface area (TPSA) is 72.6 Å². The summed E-state index contributed by atoms with van der Waals surface area (Å²) in [5, 5.41) is 16.5. The molecule has 1 N–H and O–H groups in total. The van der Waals surface area contributed by atoms with Crippen molar-refractivity contribution in [3.05, 3.63) is 35.9 Å². The molecule has 0 aromatic heterocycles. The Balaban J connectivity index is 2.42. The van der Waals surface area contributed by atoms with Gasteiger partial charge in [-0.25, -0.2) is 4.39 Å². The molecule has 0 saturated heterocycles. The van der Waals surface area contributed by atoms with Gasteiger partial charge in [0.2, 0.25) is 11.6 Å². The SMILES string of the molecule is COc1cc(/N=N/c2ccc(O)c(F)c2F)cc(OC)c1OC. The summed E-state index contributed by atoms with van der Waals surface area (Å²) in [4.78, 5) is 0. The smallest absolute Gasteiger partial charge is 0.203 e. The summed E-state index contributed by atoms with van der Waals surface area (Å²) in [5.74, 6) is -2.41. The molecule has 23 heavy (non-hydrogen) atoms. The van der Waals surface area contributed by atoms with Gasteiger partial charge in [-0.1, -0.05) is 0 Å². The van der Waals surface area contributed by atoms with Crippen molar-refractivity contribution in [2.45, 2.75) is 0 Å². The number of benzene rings is 2. The second-order valence-electron chi connectivity index (χ2n) is 4.32. The standard InChI is InChI=1S/C15H14F2N2O4/c1-21-11-6-8(7-12(22-2)15(11)23-3)18-19-9-4-5-10(20)14(17)13(9)16/h4-7,20H,1-3H3/b19-18+. The lowest BCUT2D eigenvalue weighted by atomic mass is 10.2. The predicted octanol–water partition coefficient (Wildman–Crippen LogP) is 4.11. The van der Waals surface area contributed by atoms with Gasteiger partial charge in [-0.05, 0) is 12.1 Å². The normalized spacial score (nSPS) is 10.8. The van der Waals surface area contributed by atoms with Gasteiger partial charge in [0, 0.05) is 12.1 Å². The first-order valence-corrected chi connectivity index (χ1v) is 6.40. The first-order valence-electron chi connectivity index (χ1n) is 6.40. The van der Waals surface area contributed by atoms with Crippen molar-refractivity contribution in [3.8, 4) is 23.0 Å². The minimum Gasteiger partial charge on any atom is -0.505 e. The predicted molar refractivity (Wildman–Crippen MR) is 78.3 cm³/mol. The fraction of sp³-hybridized carbons (Fsp3) is 0.200. The fourth-order valence-corrected chi connectivity index (χ4v) is 1.84. The minimum atomic E-state index is -1.38. The van der Waals surface area contributed by atoms with Gasteiger partial charge in [0.05, 0.1) is 27.0 Å². The highest BCUT2D eigenvalue weighted by Crippen LogP contribution is 2.41. The van der Waals surface area contributed by atoms with E-state index in [0.717, 1.165) is 12.1 Å². The van der Waals surface area contributed by atoms with E-state index in [9.17, 15) is 8.78 Å². The van der Waals surface area contributed by atoms with E-state index in [4.69, 9.17) is 19.3 Å². The number of azo groups is 1. The summed E-state index contributed by atoms with van der Waals surface area (Å²) in [6.07, 6.45) is 0. The van der Waals surface area contributed by atoms with Gasteiger partial charge in [0.1, 0.15) is 5.69 Å². The third-order valence-corrected chi connectivity index (χ3v) is 2.96. The van der Waals surface area contributed by atoms with Gasteiger partial charge in [0.15, 0.2) is 23.1 Å². The Labute approximate surface area is 130 Å². The van der Waals surface area contributed by atoms with Crippen molar-refractivity contribution in [1.29, 1.82) is 0 Å². The van der Waals surface area contributed by atoms with Gasteiger partial charge in [-0.3, -0.25) is 0 Å². The Morgan fingerprint density at radius 2 is 1.48 bits per heavy atom. The highest BCUT2D eigenvalue weighted by atomic mass is 19.2. The third-order valence-electron chi connectivity index (χ3n) is 2.96. The van der Waals surface area contributed by atoms with Crippen LogP contribution in [0, 0.1) is 11.6 Å². The third kappa shape index (κ3) is 3.31. The average Bonchev–Trinajstić information content (AvgIpc) is 2.57. The van der Waals surface area contributed by atoms with Crippen LogP contribution in [-0.4, -0.2) is 26.4 Å². The molecule has 0 amide bonds. The number of phenolic OH excluding ortho intramolecular Hbond substituents is 1. The van der Waals surface area contributed by atoms with Crippen LogP contribution in [0.4, 0.5) is 20.2 Å². The molecule has 2 aromatic rings. The van der Waals surface area contributed by atoms with Crippen LogP contribution in [0.2, 0.25) is 0 Å². The molecule has 0 fully saturated rings. The first-order chi connectivity index (χ1) is 11.0. The molecule has 0 aliphatic rings. The van der Waals surface area contributed by atoms with Crippen LogP contribution in [0.25, 0.3) is 0 Å². The number of aromatic hydroxyl groups is 1. The van der Waals surface area contributed by atoms with E-state index in [1.807, 2.05) is 0 Å². The average molecular weight is 324 g/mol. The van der Waals surface area contributed by atoms with Gasteiger partial charge in [0.25, 0.3) is 0 Å². The molecule has 0 radical (unpaired) electrons. The van der Waals surface area contributed by atoms with Crippen LogP contribution in [0.5, 0.6) is 23.0 Å². The van der Waals surface area contributed by atoms with Crippen LogP contribution >= 0.6 is 0 Å². The van der Waals surface area contributed by atoms with Crippen molar-refractivity contribution in [1.82, 2.24) is 0 Å². The van der Waals surface area contributed by atoms with Crippen molar-refractivity contribution >= 4 is 11.4 Å². The highest BCUT2D eigenvalue weighted by molar-refractivity contribution is 5.60. The van der Waals surface area contributed by atoms with E-state index >= 15 is 0 Å². The van der Waals surface area contributed by atoms with E-state index < -0.39 is 17.4 Å². The number of rotatable bonds is 5. The van der Waals surface area contributed by atoms with Crippen molar-refractivity contribution in [3.63, 3.8) is 0 Å². The van der Waals surface area contributed by atoms with Crippen LogP contribution < -0.4 is 14.2 Å². The summed E-state index contributed by atoms with van der Waals surface area (Å²) in [6.45, 7) is 0. The zero-order valence-corrected chi connectivity index (χ0v) is 12.6.